The molecule has 1 aliphatic carbocycles. The van der Waals surface area contributed by atoms with Gasteiger partial charge in [-0.15, -0.1) is 0 Å². The van der Waals surface area contributed by atoms with Gasteiger partial charge in [0, 0.05) is 55.8 Å². The van der Waals surface area contributed by atoms with E-state index < -0.39 is 0 Å². The van der Waals surface area contributed by atoms with Crippen LogP contribution in [0.5, 0.6) is 0 Å². The highest BCUT2D eigenvalue weighted by molar-refractivity contribution is 5.96. The number of piperidine rings is 1. The van der Waals surface area contributed by atoms with Crippen LogP contribution in [0.25, 0.3) is 0 Å². The maximum atomic E-state index is 13.2. The fraction of sp³-hybridized carbons (Fsp3) is 0.545. The molecule has 0 radical (unpaired) electrons. The number of hydrogen-bond acceptors (Lipinski definition) is 5. The minimum Gasteiger partial charge on any atom is -0.472 e. The Morgan fingerprint density at radius 1 is 1.15 bits per heavy atom. The second-order valence-electron chi connectivity index (χ2n) is 10.2. The minimum absolute atomic E-state index is 0.0888. The second-order valence-corrected chi connectivity index (χ2v) is 10.2. The third-order valence-electron chi connectivity index (χ3n) is 7.69. The van der Waals surface area contributed by atoms with Gasteiger partial charge in [-0.3, -0.25) is 9.69 Å². The number of likely N-dealkylation sites (tertiary alicyclic amines) is 1. The summed E-state index contributed by atoms with van der Waals surface area (Å²) in [5, 5.41) is 0. The highest BCUT2D eigenvalue weighted by atomic mass is 16.5. The van der Waals surface area contributed by atoms with Gasteiger partial charge in [0.25, 0.3) is 5.91 Å². The fourth-order valence-corrected chi connectivity index (χ4v) is 5.70. The van der Waals surface area contributed by atoms with Gasteiger partial charge in [-0.05, 0) is 63.8 Å². The number of ether oxygens (including phenoxy) is 1. The summed E-state index contributed by atoms with van der Waals surface area (Å²) < 4.78 is 11.5. The number of likely N-dealkylation sites (N-methyl/N-ethyl adjacent to an activating group) is 1. The fourth-order valence-electron chi connectivity index (χ4n) is 5.70. The quantitative estimate of drug-likeness (QED) is 0.193. The van der Waals surface area contributed by atoms with E-state index in [4.69, 9.17) is 9.15 Å². The molecule has 1 fully saturated rings. The summed E-state index contributed by atoms with van der Waals surface area (Å²) in [4.78, 5) is 20.1. The molecule has 2 atom stereocenters. The van der Waals surface area contributed by atoms with Crippen LogP contribution in [0.4, 0.5) is 0 Å². The average Bonchev–Trinajstić information content (AvgIpc) is 3.41. The summed E-state index contributed by atoms with van der Waals surface area (Å²) in [5.74, 6) is 1.46. The molecular formula is C33H49N3O3. The van der Waals surface area contributed by atoms with Gasteiger partial charge in [0.15, 0.2) is 0 Å². The van der Waals surface area contributed by atoms with Crippen LogP contribution in [0.2, 0.25) is 0 Å². The van der Waals surface area contributed by atoms with Crippen molar-refractivity contribution in [3.05, 3.63) is 83.9 Å². The zero-order valence-corrected chi connectivity index (χ0v) is 24.9. The molecule has 0 aromatic carbocycles. The van der Waals surface area contributed by atoms with Gasteiger partial charge in [0.1, 0.15) is 12.0 Å². The van der Waals surface area contributed by atoms with E-state index >= 15 is 0 Å². The highest BCUT2D eigenvalue weighted by Crippen LogP contribution is 2.37. The predicted octanol–water partition coefficient (Wildman–Crippen LogP) is 7.05. The van der Waals surface area contributed by atoms with E-state index in [0.717, 1.165) is 62.3 Å². The number of carbonyl (C=O) groups excluding carboxylic acids is 1. The lowest BCUT2D eigenvalue weighted by molar-refractivity contribution is -0.126. The molecule has 2 aliphatic heterocycles. The van der Waals surface area contributed by atoms with E-state index in [-0.39, 0.29) is 11.9 Å². The first kappa shape index (κ1) is 30.6. The van der Waals surface area contributed by atoms with E-state index in [9.17, 15) is 4.79 Å². The average molecular weight is 536 g/mol. The highest BCUT2D eigenvalue weighted by Gasteiger charge is 2.38. The van der Waals surface area contributed by atoms with Crippen LogP contribution in [0, 0.1) is 5.92 Å². The number of allylic oxidation sites excluding steroid dienone is 4. The second kappa shape index (κ2) is 15.6. The molecule has 39 heavy (non-hydrogen) atoms. The molecule has 0 saturated carbocycles. The Bertz CT molecular complexity index is 1040. The number of furan rings is 1. The molecule has 0 bridgehead atoms. The molecule has 0 spiro atoms. The van der Waals surface area contributed by atoms with Crippen molar-refractivity contribution in [2.24, 2.45) is 5.92 Å². The standard InChI is InChI=1S/C31H43N3O3.C2H6/c1-5-10-26(31(35)33(6-2)7-3)13-14-28-23-37-29-12-9-8-11-24(4)30(29)34(28)27-15-18-32(19-16-27)21-25-17-20-36-22-25;1-2/h8,10-14,17,20,22-24,27,30H,5-7,9,15-16,18-19,21H2,1-4H3;1-2H3/b14-13-,26-10+;. The molecule has 1 saturated heterocycles. The number of rotatable bonds is 9. The van der Waals surface area contributed by atoms with Gasteiger partial charge in [0.05, 0.1) is 24.3 Å². The van der Waals surface area contributed by atoms with E-state index in [1.165, 1.54) is 5.56 Å². The molecule has 1 aromatic rings. The summed E-state index contributed by atoms with van der Waals surface area (Å²) in [6.45, 7) is 16.9. The van der Waals surface area contributed by atoms with E-state index in [2.05, 4.69) is 54.0 Å². The Morgan fingerprint density at radius 2 is 1.90 bits per heavy atom. The monoisotopic (exact) mass is 535 g/mol. The molecule has 1 amide bonds. The van der Waals surface area contributed by atoms with E-state index in [0.29, 0.717) is 25.0 Å². The molecule has 1 aromatic heterocycles. The molecular weight excluding hydrogens is 486 g/mol. The minimum atomic E-state index is 0.0888. The van der Waals surface area contributed by atoms with Crippen molar-refractivity contribution >= 4 is 5.91 Å². The Kier molecular flexibility index (Phi) is 12.2. The van der Waals surface area contributed by atoms with Gasteiger partial charge in [0.2, 0.25) is 0 Å². The summed E-state index contributed by atoms with van der Waals surface area (Å²) in [6.07, 6.45) is 22.3. The number of carbonyl (C=O) groups is 1. The number of amides is 1. The molecule has 214 valence electrons. The Hall–Kier alpha value is -2.99. The van der Waals surface area contributed by atoms with Crippen LogP contribution < -0.4 is 0 Å². The summed E-state index contributed by atoms with van der Waals surface area (Å²) in [5.41, 5.74) is 3.03. The van der Waals surface area contributed by atoms with Crippen molar-refractivity contribution in [3.63, 3.8) is 0 Å². The maximum absolute atomic E-state index is 13.2. The first-order valence-electron chi connectivity index (χ1n) is 15.0. The van der Waals surface area contributed by atoms with Gasteiger partial charge < -0.3 is 19.0 Å². The molecule has 4 rings (SSSR count). The van der Waals surface area contributed by atoms with Gasteiger partial charge in [-0.2, -0.15) is 0 Å². The van der Waals surface area contributed by atoms with Crippen LogP contribution in [-0.4, -0.2) is 58.9 Å². The molecule has 3 heterocycles. The Balaban J connectivity index is 0.00000205. The molecule has 6 nitrogen and oxygen atoms in total. The number of hydrogen-bond donors (Lipinski definition) is 0. The van der Waals surface area contributed by atoms with Crippen LogP contribution in [-0.2, 0) is 16.1 Å². The third-order valence-corrected chi connectivity index (χ3v) is 7.69. The van der Waals surface area contributed by atoms with E-state index in [1.807, 2.05) is 57.3 Å². The zero-order chi connectivity index (χ0) is 28.2. The summed E-state index contributed by atoms with van der Waals surface area (Å²) in [7, 11) is 0. The molecule has 3 aliphatic rings. The van der Waals surface area contributed by atoms with Crippen LogP contribution in [0.15, 0.2) is 82.8 Å². The lowest BCUT2D eigenvalue weighted by Gasteiger charge is -2.47. The molecule has 2 unspecified atom stereocenters. The SMILES string of the molecule is CC.CC/C=C(\C=C/C1=COC2=CCC=CC(C)C2N1C1CCN(Cc2ccoc2)CC1)C(=O)N(CC)CC. The largest absolute Gasteiger partial charge is 0.472 e. The van der Waals surface area contributed by atoms with Gasteiger partial charge in [-0.1, -0.05) is 45.9 Å². The maximum Gasteiger partial charge on any atom is 0.253 e. The lowest BCUT2D eigenvalue weighted by Crippen LogP contribution is -2.52. The third kappa shape index (κ3) is 7.78. The first-order chi connectivity index (χ1) is 19.0. The Labute approximate surface area is 236 Å². The van der Waals surface area contributed by atoms with Crippen molar-refractivity contribution in [2.75, 3.05) is 26.2 Å². The summed E-state index contributed by atoms with van der Waals surface area (Å²) in [6, 6.07) is 2.61. The van der Waals surface area contributed by atoms with Crippen molar-refractivity contribution in [1.82, 2.24) is 14.7 Å². The lowest BCUT2D eigenvalue weighted by atomic mass is 9.92. The van der Waals surface area contributed by atoms with Crippen LogP contribution >= 0.6 is 0 Å². The van der Waals surface area contributed by atoms with Crippen LogP contribution in [0.3, 0.4) is 0 Å². The topological polar surface area (TPSA) is 49.2 Å². The number of fused-ring (bicyclic) bond motifs is 1. The van der Waals surface area contributed by atoms with Crippen molar-refractivity contribution in [3.8, 4) is 0 Å². The van der Waals surface area contributed by atoms with Crippen LogP contribution in [0.1, 0.15) is 72.8 Å². The molecule has 0 N–H and O–H groups in total. The van der Waals surface area contributed by atoms with Crippen molar-refractivity contribution in [1.29, 1.82) is 0 Å². The first-order valence-corrected chi connectivity index (χ1v) is 15.0. The van der Waals surface area contributed by atoms with Gasteiger partial charge in [-0.25, -0.2) is 0 Å². The number of nitrogens with zero attached hydrogens (tertiary/aromatic N) is 3. The summed E-state index contributed by atoms with van der Waals surface area (Å²) >= 11 is 0. The predicted molar refractivity (Wildman–Crippen MR) is 160 cm³/mol. The van der Waals surface area contributed by atoms with E-state index in [1.54, 1.807) is 6.26 Å². The van der Waals surface area contributed by atoms with Crippen molar-refractivity contribution < 1.29 is 13.9 Å². The normalized spacial score (nSPS) is 22.3. The van der Waals surface area contributed by atoms with Gasteiger partial charge >= 0.3 is 0 Å². The smallest absolute Gasteiger partial charge is 0.253 e. The molecule has 6 heteroatoms. The zero-order valence-electron chi connectivity index (χ0n) is 24.9. The Morgan fingerprint density at radius 3 is 2.54 bits per heavy atom. The van der Waals surface area contributed by atoms with Crippen molar-refractivity contribution in [2.45, 2.75) is 85.9 Å².